The van der Waals surface area contributed by atoms with E-state index in [-0.39, 0.29) is 12.2 Å². The normalized spacial score (nSPS) is 16.1. The van der Waals surface area contributed by atoms with Gasteiger partial charge in [0.25, 0.3) is 0 Å². The van der Waals surface area contributed by atoms with Gasteiger partial charge >= 0.3 is 21.0 Å². The van der Waals surface area contributed by atoms with E-state index in [1.165, 1.54) is 0 Å². The molecule has 2 fully saturated rings. The molecule has 2 atom stereocenters. The van der Waals surface area contributed by atoms with Gasteiger partial charge in [-0.3, -0.25) is 0 Å². The van der Waals surface area contributed by atoms with Gasteiger partial charge in [0, 0.05) is 56.5 Å². The smallest absolute Gasteiger partial charge is 0.491 e. The number of fused-ring (bicyclic) bond motifs is 2. The number of hydrogen-bond donors (Lipinski definition) is 2. The van der Waals surface area contributed by atoms with Gasteiger partial charge in [-0.05, 0) is 91.6 Å². The Balaban J connectivity index is 1.31. The van der Waals surface area contributed by atoms with Crippen LogP contribution >= 0.6 is 0 Å². The molecular formula is C42H54N2O11Si. The van der Waals surface area contributed by atoms with Crippen molar-refractivity contribution in [1.29, 1.82) is 0 Å². The van der Waals surface area contributed by atoms with Gasteiger partial charge in [-0.15, -0.1) is 0 Å². The fourth-order valence-corrected chi connectivity index (χ4v) is 9.06. The average Bonchev–Trinajstić information content (AvgIpc) is 4.13. The molecule has 2 aliphatic heterocycles. The van der Waals surface area contributed by atoms with E-state index in [4.69, 9.17) is 41.7 Å². The molecule has 0 spiro atoms. The third kappa shape index (κ3) is 11.6. The minimum absolute atomic E-state index is 0.0266. The van der Waals surface area contributed by atoms with Crippen molar-refractivity contribution in [3.05, 3.63) is 71.8 Å². The third-order valence-electron chi connectivity index (χ3n) is 9.38. The molecule has 2 unspecified atom stereocenters. The zero-order valence-electron chi connectivity index (χ0n) is 32.8. The fraction of sp³-hybridized carbons (Fsp3) is 0.476. The van der Waals surface area contributed by atoms with E-state index in [0.29, 0.717) is 101 Å². The second-order valence-electron chi connectivity index (χ2n) is 13.6. The van der Waals surface area contributed by atoms with E-state index in [2.05, 4.69) is 17.6 Å². The fourth-order valence-electron chi connectivity index (χ4n) is 6.45. The molecule has 2 N–H and O–H groups in total. The molecule has 0 aliphatic carbocycles. The zero-order valence-corrected chi connectivity index (χ0v) is 33.8. The number of unbranched alkanes of at least 4 members (excludes halogenated alkanes) is 1. The molecule has 56 heavy (non-hydrogen) atoms. The average molecular weight is 791 g/mol. The van der Waals surface area contributed by atoms with Crippen molar-refractivity contribution >= 4 is 42.5 Å². The number of rotatable bonds is 23. The Bertz CT molecular complexity index is 1920. The van der Waals surface area contributed by atoms with Crippen LogP contribution in [0.25, 0.3) is 21.5 Å². The predicted octanol–water partition coefficient (Wildman–Crippen LogP) is 7.55. The third-order valence-corrected chi connectivity index (χ3v) is 12.5. The predicted molar refractivity (Wildman–Crippen MR) is 214 cm³/mol. The van der Waals surface area contributed by atoms with Gasteiger partial charge in [0.15, 0.2) is 0 Å². The van der Waals surface area contributed by atoms with E-state index in [1.54, 1.807) is 6.07 Å². The van der Waals surface area contributed by atoms with Crippen LogP contribution in [0.15, 0.2) is 60.7 Å². The maximum Gasteiger partial charge on any atom is 0.500 e. The highest BCUT2D eigenvalue weighted by Crippen LogP contribution is 2.39. The minimum Gasteiger partial charge on any atom is -0.491 e. The van der Waals surface area contributed by atoms with Crippen molar-refractivity contribution in [2.75, 3.05) is 59.3 Å². The maximum absolute atomic E-state index is 13.5. The Morgan fingerprint density at radius 2 is 1.18 bits per heavy atom. The van der Waals surface area contributed by atoms with Crippen molar-refractivity contribution in [2.45, 2.75) is 71.6 Å². The summed E-state index contributed by atoms with van der Waals surface area (Å²) in [5, 5.41) is 9.26. The first-order valence-corrected chi connectivity index (χ1v) is 21.7. The summed E-state index contributed by atoms with van der Waals surface area (Å²) in [5.74, 6) is 2.10. The largest absolute Gasteiger partial charge is 0.500 e. The first-order valence-electron chi connectivity index (χ1n) is 19.8. The van der Waals surface area contributed by atoms with Gasteiger partial charge in [-0.2, -0.15) is 0 Å². The number of carbonyl (C=O) groups excluding carboxylic acids is 2. The van der Waals surface area contributed by atoms with Crippen LogP contribution in [0.5, 0.6) is 23.0 Å². The standard InChI is InChI=1S/C42H54N2O11Si/c1-5-9-19-43-41(45)54-32-16-12-30-13-17-39(50-28-34-27-49-34)37(36(30)23-32)24-38-35-22-31(47-25-33-26-48-33)15-11-29(35)14-18-40(38)55-42(46)44-20-10-21-56(51-6-2,52-7-3)53-8-4/h11-18,22-23,33-34H,5-10,19-21,24-28H2,1-4H3,(H,43,45)(H,44,46). The Kier molecular flexibility index (Phi) is 14.8. The number of nitrogens with one attached hydrogen (secondary N) is 2. The number of amides is 2. The zero-order chi connectivity index (χ0) is 39.3. The molecule has 302 valence electrons. The molecule has 2 heterocycles. The van der Waals surface area contributed by atoms with Gasteiger partial charge in [0.1, 0.15) is 48.4 Å². The second-order valence-corrected chi connectivity index (χ2v) is 16.4. The van der Waals surface area contributed by atoms with Crippen LogP contribution in [-0.4, -0.2) is 92.5 Å². The van der Waals surface area contributed by atoms with Crippen molar-refractivity contribution in [3.8, 4) is 23.0 Å². The highest BCUT2D eigenvalue weighted by atomic mass is 28.4. The summed E-state index contributed by atoms with van der Waals surface area (Å²) in [7, 11) is -2.86. The van der Waals surface area contributed by atoms with Crippen LogP contribution in [-0.2, 0) is 29.2 Å². The molecule has 4 aromatic carbocycles. The number of benzene rings is 4. The molecular weight excluding hydrogens is 737 g/mol. The number of carbonyl (C=O) groups is 2. The van der Waals surface area contributed by atoms with Crippen LogP contribution < -0.4 is 29.6 Å². The van der Waals surface area contributed by atoms with E-state index in [9.17, 15) is 9.59 Å². The molecule has 14 heteroatoms. The summed E-state index contributed by atoms with van der Waals surface area (Å²) in [6.45, 7) is 12.3. The van der Waals surface area contributed by atoms with Gasteiger partial charge in [0.2, 0.25) is 0 Å². The van der Waals surface area contributed by atoms with Crippen molar-refractivity contribution in [1.82, 2.24) is 10.6 Å². The SMILES string of the molecule is CCCCNC(=O)Oc1ccc2ccc(OCC3CO3)c(Cc3c(OC(=O)NCCC[Si](OCC)(OCC)OCC)ccc4ccc(OCC5CO5)cc34)c2c1. The van der Waals surface area contributed by atoms with Gasteiger partial charge in [-0.25, -0.2) is 9.59 Å². The molecule has 2 saturated heterocycles. The van der Waals surface area contributed by atoms with Crippen LogP contribution in [0.3, 0.4) is 0 Å². The second kappa shape index (κ2) is 20.1. The van der Waals surface area contributed by atoms with Gasteiger partial charge < -0.3 is 52.3 Å². The molecule has 0 aromatic heterocycles. The van der Waals surface area contributed by atoms with Crippen LogP contribution in [0.2, 0.25) is 6.04 Å². The molecule has 13 nitrogen and oxygen atoms in total. The van der Waals surface area contributed by atoms with Crippen molar-refractivity contribution < 1.29 is 51.3 Å². The molecule has 0 bridgehead atoms. The quantitative estimate of drug-likeness (QED) is 0.0436. The summed E-state index contributed by atoms with van der Waals surface area (Å²) >= 11 is 0. The monoisotopic (exact) mass is 790 g/mol. The summed E-state index contributed by atoms with van der Waals surface area (Å²) in [4.78, 5) is 26.1. The number of hydrogen-bond acceptors (Lipinski definition) is 11. The molecule has 4 aromatic rings. The first-order chi connectivity index (χ1) is 27.3. The Morgan fingerprint density at radius 1 is 0.661 bits per heavy atom. The van der Waals surface area contributed by atoms with Crippen LogP contribution in [0.4, 0.5) is 9.59 Å². The highest BCUT2D eigenvalue weighted by molar-refractivity contribution is 6.60. The number of ether oxygens (including phenoxy) is 6. The lowest BCUT2D eigenvalue weighted by Crippen LogP contribution is -2.46. The Labute approximate surface area is 329 Å². The summed E-state index contributed by atoms with van der Waals surface area (Å²) in [6.07, 6.45) is 1.71. The van der Waals surface area contributed by atoms with E-state index < -0.39 is 21.0 Å². The molecule has 6 rings (SSSR count). The molecule has 0 radical (unpaired) electrons. The Morgan fingerprint density at radius 3 is 1.79 bits per heavy atom. The van der Waals surface area contributed by atoms with E-state index in [1.807, 2.05) is 75.4 Å². The highest BCUT2D eigenvalue weighted by Gasteiger charge is 2.39. The lowest BCUT2D eigenvalue weighted by atomic mass is 9.93. The Hall–Kier alpha value is -4.44. The minimum atomic E-state index is -2.86. The maximum atomic E-state index is 13.5. The van der Waals surface area contributed by atoms with E-state index >= 15 is 0 Å². The molecule has 0 saturated carbocycles. The number of epoxide rings is 2. The summed E-state index contributed by atoms with van der Waals surface area (Å²) in [6, 6.07) is 19.6. The topological polar surface area (TPSA) is 148 Å². The lowest BCUT2D eigenvalue weighted by molar-refractivity contribution is 0.0707. The summed E-state index contributed by atoms with van der Waals surface area (Å²) < 4.78 is 53.0. The van der Waals surface area contributed by atoms with Gasteiger partial charge in [0.05, 0.1) is 13.2 Å². The molecule has 2 aliphatic rings. The summed E-state index contributed by atoms with van der Waals surface area (Å²) in [5.41, 5.74) is 1.59. The van der Waals surface area contributed by atoms with E-state index in [0.717, 1.165) is 45.5 Å². The molecule has 2 amide bonds. The van der Waals surface area contributed by atoms with Crippen molar-refractivity contribution in [2.24, 2.45) is 0 Å². The van der Waals surface area contributed by atoms with Gasteiger partial charge in [-0.1, -0.05) is 37.6 Å². The van der Waals surface area contributed by atoms with Crippen LogP contribution in [0.1, 0.15) is 58.1 Å². The van der Waals surface area contributed by atoms with Crippen LogP contribution in [0, 0.1) is 0 Å². The first kappa shape index (κ1) is 41.2. The van der Waals surface area contributed by atoms with Crippen molar-refractivity contribution in [3.63, 3.8) is 0 Å². The lowest BCUT2D eigenvalue weighted by Gasteiger charge is -2.28.